The Morgan fingerprint density at radius 3 is 2.33 bits per heavy atom. The Bertz CT molecular complexity index is 1370. The van der Waals surface area contributed by atoms with Crippen molar-refractivity contribution in [3.63, 3.8) is 0 Å². The maximum absolute atomic E-state index is 14.1. The summed E-state index contributed by atoms with van der Waals surface area (Å²) >= 11 is 0. The van der Waals surface area contributed by atoms with Crippen LogP contribution in [0.1, 0.15) is 62.0 Å². The second-order valence-electron chi connectivity index (χ2n) is 9.60. The Hall–Kier alpha value is -3.53. The van der Waals surface area contributed by atoms with Crippen molar-refractivity contribution in [2.45, 2.75) is 58.9 Å². The van der Waals surface area contributed by atoms with Gasteiger partial charge in [-0.25, -0.2) is 0 Å². The molecular weight excluding hydrogens is 444 g/mol. The maximum Gasteiger partial charge on any atom is 0.228 e. The van der Waals surface area contributed by atoms with Gasteiger partial charge < -0.3 is 14.8 Å². The van der Waals surface area contributed by atoms with Gasteiger partial charge in [-0.05, 0) is 55.2 Å². The number of ether oxygens (including phenoxy) is 1. The first-order valence-electron chi connectivity index (χ1n) is 13.3. The van der Waals surface area contributed by atoms with Gasteiger partial charge in [-0.3, -0.25) is 0 Å². The van der Waals surface area contributed by atoms with E-state index < -0.39 is 0 Å². The van der Waals surface area contributed by atoms with Crippen LogP contribution in [0.15, 0.2) is 66.7 Å². The summed E-state index contributed by atoms with van der Waals surface area (Å²) in [6, 6.07) is 23.5. The molecule has 1 atom stereocenters. The van der Waals surface area contributed by atoms with Crippen LogP contribution in [-0.4, -0.2) is 13.7 Å². The molecule has 0 bridgehead atoms. The van der Waals surface area contributed by atoms with E-state index >= 15 is 0 Å². The minimum atomic E-state index is 0.0841. The van der Waals surface area contributed by atoms with Gasteiger partial charge in [0.05, 0.1) is 30.3 Å². The van der Waals surface area contributed by atoms with Crippen LogP contribution >= 0.6 is 0 Å². The number of anilines is 1. The third kappa shape index (κ3) is 3.99. The first-order valence-corrected chi connectivity index (χ1v) is 13.3. The number of methoxy groups -OCH3 is 1. The fraction of sp³-hybridized carbons (Fsp3) is 0.344. The number of rotatable bonds is 7. The highest BCUT2D eigenvalue weighted by molar-refractivity contribution is 5.94. The van der Waals surface area contributed by atoms with Crippen LogP contribution in [0.5, 0.6) is 5.75 Å². The lowest BCUT2D eigenvalue weighted by Crippen LogP contribution is -2.41. The van der Waals surface area contributed by atoms with Crippen LogP contribution in [0.3, 0.4) is 0 Å². The van der Waals surface area contributed by atoms with E-state index in [4.69, 9.17) is 4.74 Å². The van der Waals surface area contributed by atoms with Crippen LogP contribution in [0.2, 0.25) is 0 Å². The van der Waals surface area contributed by atoms with Crippen molar-refractivity contribution >= 4 is 16.5 Å². The van der Waals surface area contributed by atoms with Gasteiger partial charge in [0.25, 0.3) is 0 Å². The highest BCUT2D eigenvalue weighted by atomic mass is 16.5. The molecule has 1 aliphatic rings. The van der Waals surface area contributed by atoms with Gasteiger partial charge in [0, 0.05) is 24.0 Å². The van der Waals surface area contributed by atoms with E-state index in [0.717, 1.165) is 61.2 Å². The fourth-order valence-corrected chi connectivity index (χ4v) is 6.10. The number of nitrogens with zero attached hydrogens (tertiary/aromatic N) is 2. The Morgan fingerprint density at radius 2 is 1.64 bits per heavy atom. The average molecular weight is 481 g/mol. The van der Waals surface area contributed by atoms with Crippen molar-refractivity contribution in [1.29, 1.82) is 0 Å². The summed E-state index contributed by atoms with van der Waals surface area (Å²) in [6.07, 6.45) is 4.50. The predicted molar refractivity (Wildman–Crippen MR) is 149 cm³/mol. The Kier molecular flexibility index (Phi) is 6.86. The molecule has 36 heavy (non-hydrogen) atoms. The van der Waals surface area contributed by atoms with E-state index in [1.807, 2.05) is 6.07 Å². The van der Waals surface area contributed by atoms with Crippen LogP contribution in [0.4, 0.5) is 5.69 Å². The summed E-state index contributed by atoms with van der Waals surface area (Å²) in [5, 5.41) is 16.5. The van der Waals surface area contributed by atoms with Crippen molar-refractivity contribution in [1.82, 2.24) is 0 Å². The third-order valence-corrected chi connectivity index (χ3v) is 7.80. The first kappa shape index (κ1) is 24.2. The highest BCUT2D eigenvalue weighted by Gasteiger charge is 2.36. The van der Waals surface area contributed by atoms with Gasteiger partial charge in [0.15, 0.2) is 0 Å². The molecular formula is C32H36N2O2. The predicted octanol–water partition coefficient (Wildman–Crippen LogP) is 7.18. The summed E-state index contributed by atoms with van der Waals surface area (Å²) in [5.41, 5.74) is 7.31. The lowest BCUT2D eigenvalue weighted by atomic mass is 9.86. The molecule has 0 aliphatic heterocycles. The zero-order valence-electron chi connectivity index (χ0n) is 21.9. The molecule has 4 heteroatoms. The smallest absolute Gasteiger partial charge is 0.228 e. The van der Waals surface area contributed by atoms with Crippen LogP contribution in [-0.2, 0) is 19.3 Å². The number of aryl methyl sites for hydroxylation is 2. The minimum Gasteiger partial charge on any atom is -0.618 e. The summed E-state index contributed by atoms with van der Waals surface area (Å²) < 4.78 is 7.26. The van der Waals surface area contributed by atoms with Gasteiger partial charge in [0.2, 0.25) is 11.4 Å². The molecule has 4 nitrogen and oxygen atoms in total. The van der Waals surface area contributed by atoms with Crippen LogP contribution in [0, 0.1) is 5.21 Å². The van der Waals surface area contributed by atoms with E-state index in [1.165, 1.54) is 32.3 Å². The number of pyridine rings is 1. The number of aromatic nitrogens is 1. The second-order valence-corrected chi connectivity index (χ2v) is 9.60. The Labute approximate surface area is 214 Å². The van der Waals surface area contributed by atoms with Gasteiger partial charge in [-0.15, -0.1) is 0 Å². The number of hydrogen-bond donors (Lipinski definition) is 0. The number of benzene rings is 3. The molecule has 0 saturated carbocycles. The summed E-state index contributed by atoms with van der Waals surface area (Å²) in [4.78, 5) is 2.46. The molecule has 0 saturated heterocycles. The van der Waals surface area contributed by atoms with Gasteiger partial charge in [0.1, 0.15) is 5.75 Å². The van der Waals surface area contributed by atoms with Crippen LogP contribution in [0.25, 0.3) is 22.0 Å². The molecule has 0 amide bonds. The monoisotopic (exact) mass is 480 g/mol. The van der Waals surface area contributed by atoms with E-state index in [9.17, 15) is 5.21 Å². The molecule has 5 rings (SSSR count). The van der Waals surface area contributed by atoms with Crippen molar-refractivity contribution < 1.29 is 9.47 Å². The van der Waals surface area contributed by atoms with E-state index in [0.29, 0.717) is 5.69 Å². The van der Waals surface area contributed by atoms with Gasteiger partial charge >= 0.3 is 0 Å². The zero-order chi connectivity index (χ0) is 25.2. The molecule has 1 heterocycles. The Balaban J connectivity index is 1.70. The lowest BCUT2D eigenvalue weighted by Gasteiger charge is -2.37. The molecule has 0 N–H and O–H groups in total. The van der Waals surface area contributed by atoms with Crippen molar-refractivity contribution in [2.24, 2.45) is 0 Å². The molecule has 4 aromatic rings. The molecule has 0 radical (unpaired) electrons. The highest BCUT2D eigenvalue weighted by Crippen LogP contribution is 2.44. The molecule has 1 aromatic heterocycles. The lowest BCUT2D eigenvalue weighted by molar-refractivity contribution is -0.603. The average Bonchev–Trinajstić information content (AvgIpc) is 2.93. The molecule has 186 valence electrons. The van der Waals surface area contributed by atoms with Crippen LogP contribution < -0.4 is 14.4 Å². The molecule has 0 fully saturated rings. The normalized spacial score (nSPS) is 15.1. The Morgan fingerprint density at radius 1 is 0.944 bits per heavy atom. The first-order chi connectivity index (χ1) is 17.6. The summed E-state index contributed by atoms with van der Waals surface area (Å²) in [7, 11) is 1.74. The fourth-order valence-electron chi connectivity index (χ4n) is 6.10. The maximum atomic E-state index is 14.1. The topological polar surface area (TPSA) is 39.4 Å². The van der Waals surface area contributed by atoms with Crippen molar-refractivity contribution in [3.05, 3.63) is 94.3 Å². The standard InChI is InChI=1S/C32H36N2O2/c1-5-22-14-10-15-23(6-2)31(22)29-21-30(36-4)32-27(19-12-20-28(32)34(29)35)33(7-3)26-18-11-16-24-13-8-9-17-25(24)26/h8-11,13-18,21,27H,5-7,12,19-20H2,1-4H3. The minimum absolute atomic E-state index is 0.0841. The second kappa shape index (κ2) is 10.2. The largest absolute Gasteiger partial charge is 0.618 e. The van der Waals surface area contributed by atoms with E-state index in [1.54, 1.807) is 7.11 Å². The number of fused-ring (bicyclic) bond motifs is 2. The van der Waals surface area contributed by atoms with E-state index in [-0.39, 0.29) is 6.04 Å². The van der Waals surface area contributed by atoms with Crippen molar-refractivity contribution in [3.8, 4) is 17.0 Å². The quantitative estimate of drug-likeness (QED) is 0.208. The summed E-state index contributed by atoms with van der Waals surface area (Å²) in [5.74, 6) is 0.823. The summed E-state index contributed by atoms with van der Waals surface area (Å²) in [6.45, 7) is 7.36. The van der Waals surface area contributed by atoms with Gasteiger partial charge in [-0.1, -0.05) is 68.4 Å². The molecule has 1 aliphatic carbocycles. The number of hydrogen-bond acceptors (Lipinski definition) is 3. The van der Waals surface area contributed by atoms with Crippen molar-refractivity contribution in [2.75, 3.05) is 18.6 Å². The molecule has 0 spiro atoms. The SMILES string of the molecule is CCc1cccc(CC)c1-c1cc(OC)c2c([n+]1[O-])CCCC2N(CC)c1cccc2ccccc12. The third-order valence-electron chi connectivity index (χ3n) is 7.80. The van der Waals surface area contributed by atoms with E-state index in [2.05, 4.69) is 86.3 Å². The molecule has 3 aromatic carbocycles. The zero-order valence-corrected chi connectivity index (χ0v) is 21.9. The molecule has 1 unspecified atom stereocenters. The van der Waals surface area contributed by atoms with Gasteiger partial charge in [-0.2, -0.15) is 4.73 Å².